The highest BCUT2D eigenvalue weighted by Gasteiger charge is 2.02. The van der Waals surface area contributed by atoms with Crippen molar-refractivity contribution in [2.75, 3.05) is 18.6 Å². The van der Waals surface area contributed by atoms with E-state index in [0.29, 0.717) is 22.0 Å². The molecule has 1 rings (SSSR count). The van der Waals surface area contributed by atoms with Crippen LogP contribution >= 0.6 is 23.4 Å². The Bertz CT molecular complexity index is 446. The number of methoxy groups -OCH3 is 1. The first-order valence-electron chi connectivity index (χ1n) is 4.97. The molecule has 0 aliphatic carbocycles. The van der Waals surface area contributed by atoms with Crippen molar-refractivity contribution in [1.29, 1.82) is 0 Å². The number of hydrogen-bond acceptors (Lipinski definition) is 4. The zero-order chi connectivity index (χ0) is 12.8. The molecule has 0 aromatic heterocycles. The molecule has 1 aromatic carbocycles. The SMILES string of the molecule is COC(=O)C(C)=CCSc1ccc(N)c(Cl)c1. The summed E-state index contributed by atoms with van der Waals surface area (Å²) in [5.41, 5.74) is 6.77. The highest BCUT2D eigenvalue weighted by atomic mass is 35.5. The van der Waals surface area contributed by atoms with Gasteiger partial charge in [0.2, 0.25) is 0 Å². The van der Waals surface area contributed by atoms with E-state index in [-0.39, 0.29) is 5.97 Å². The number of esters is 1. The molecule has 92 valence electrons. The predicted octanol–water partition coefficient (Wildman–Crippen LogP) is 3.13. The minimum Gasteiger partial charge on any atom is -0.466 e. The Morgan fingerprint density at radius 2 is 2.29 bits per heavy atom. The molecule has 0 aliphatic rings. The normalized spacial score (nSPS) is 11.4. The van der Waals surface area contributed by atoms with Crippen LogP contribution in [-0.2, 0) is 9.53 Å². The second kappa shape index (κ2) is 6.57. The molecule has 17 heavy (non-hydrogen) atoms. The van der Waals surface area contributed by atoms with Gasteiger partial charge < -0.3 is 10.5 Å². The Morgan fingerprint density at radius 1 is 1.59 bits per heavy atom. The van der Waals surface area contributed by atoms with Crippen molar-refractivity contribution in [3.8, 4) is 0 Å². The Labute approximate surface area is 110 Å². The number of hydrogen-bond donors (Lipinski definition) is 1. The first-order chi connectivity index (χ1) is 8.04. The fourth-order valence-electron chi connectivity index (χ4n) is 1.10. The number of benzene rings is 1. The molecule has 0 atom stereocenters. The molecule has 1 aromatic rings. The Kier molecular flexibility index (Phi) is 5.38. The highest BCUT2D eigenvalue weighted by molar-refractivity contribution is 7.99. The Hall–Kier alpha value is -1.13. The van der Waals surface area contributed by atoms with Crippen LogP contribution in [-0.4, -0.2) is 18.8 Å². The quantitative estimate of drug-likeness (QED) is 0.396. The van der Waals surface area contributed by atoms with Gasteiger partial charge in [-0.2, -0.15) is 0 Å². The molecule has 0 unspecified atom stereocenters. The third-order valence-electron chi connectivity index (χ3n) is 2.12. The summed E-state index contributed by atoms with van der Waals surface area (Å²) in [5, 5.41) is 0.545. The van der Waals surface area contributed by atoms with Gasteiger partial charge in [-0.05, 0) is 25.1 Å². The van der Waals surface area contributed by atoms with Crippen LogP contribution in [0.4, 0.5) is 5.69 Å². The summed E-state index contributed by atoms with van der Waals surface area (Å²) in [5.74, 6) is 0.377. The largest absolute Gasteiger partial charge is 0.466 e. The van der Waals surface area contributed by atoms with Crippen LogP contribution in [0, 0.1) is 0 Å². The monoisotopic (exact) mass is 271 g/mol. The lowest BCUT2D eigenvalue weighted by Crippen LogP contribution is -2.01. The van der Waals surface area contributed by atoms with Gasteiger partial charge in [0.1, 0.15) is 0 Å². The number of halogens is 1. The van der Waals surface area contributed by atoms with Crippen LogP contribution < -0.4 is 5.73 Å². The molecule has 2 N–H and O–H groups in total. The number of rotatable bonds is 4. The topological polar surface area (TPSA) is 52.3 Å². The number of ether oxygens (including phenoxy) is 1. The average Bonchev–Trinajstić information content (AvgIpc) is 2.32. The lowest BCUT2D eigenvalue weighted by Gasteiger charge is -2.02. The van der Waals surface area contributed by atoms with Crippen molar-refractivity contribution in [2.24, 2.45) is 0 Å². The van der Waals surface area contributed by atoms with Crippen molar-refractivity contribution in [3.63, 3.8) is 0 Å². The van der Waals surface area contributed by atoms with E-state index in [1.165, 1.54) is 7.11 Å². The molecule has 0 aliphatic heterocycles. The van der Waals surface area contributed by atoms with Crippen molar-refractivity contribution in [2.45, 2.75) is 11.8 Å². The Morgan fingerprint density at radius 3 is 2.88 bits per heavy atom. The molecular formula is C12H14ClNO2S. The second-order valence-corrected chi connectivity index (χ2v) is 4.87. The van der Waals surface area contributed by atoms with Crippen molar-refractivity contribution in [1.82, 2.24) is 0 Å². The smallest absolute Gasteiger partial charge is 0.333 e. The van der Waals surface area contributed by atoms with Gasteiger partial charge >= 0.3 is 5.97 Å². The maximum absolute atomic E-state index is 11.1. The molecule has 0 saturated heterocycles. The van der Waals surface area contributed by atoms with E-state index >= 15 is 0 Å². The summed E-state index contributed by atoms with van der Waals surface area (Å²) in [6.07, 6.45) is 1.82. The minimum atomic E-state index is -0.305. The van der Waals surface area contributed by atoms with Gasteiger partial charge in [-0.3, -0.25) is 0 Å². The highest BCUT2D eigenvalue weighted by Crippen LogP contribution is 2.26. The lowest BCUT2D eigenvalue weighted by atomic mass is 10.3. The third-order valence-corrected chi connectivity index (χ3v) is 3.37. The summed E-state index contributed by atoms with van der Waals surface area (Å²) in [6, 6.07) is 5.47. The first-order valence-corrected chi connectivity index (χ1v) is 6.34. The molecule has 0 spiro atoms. The van der Waals surface area contributed by atoms with Gasteiger partial charge in [-0.1, -0.05) is 17.7 Å². The third kappa shape index (κ3) is 4.32. The molecule has 0 bridgehead atoms. The zero-order valence-corrected chi connectivity index (χ0v) is 11.3. The number of anilines is 1. The maximum atomic E-state index is 11.1. The summed E-state index contributed by atoms with van der Waals surface area (Å²) in [7, 11) is 1.37. The molecular weight excluding hydrogens is 258 g/mol. The van der Waals surface area contributed by atoms with Crippen LogP contribution in [0.1, 0.15) is 6.92 Å². The number of carbonyl (C=O) groups excluding carboxylic acids is 1. The molecule has 0 radical (unpaired) electrons. The van der Waals surface area contributed by atoms with E-state index in [9.17, 15) is 4.79 Å². The van der Waals surface area contributed by atoms with Crippen LogP contribution in [0.15, 0.2) is 34.7 Å². The average molecular weight is 272 g/mol. The van der Waals surface area contributed by atoms with E-state index in [1.807, 2.05) is 18.2 Å². The zero-order valence-electron chi connectivity index (χ0n) is 9.70. The molecule has 0 fully saturated rings. The van der Waals surface area contributed by atoms with E-state index in [1.54, 1.807) is 24.8 Å². The summed E-state index contributed by atoms with van der Waals surface area (Å²) < 4.78 is 4.60. The lowest BCUT2D eigenvalue weighted by molar-refractivity contribution is -0.136. The first kappa shape index (κ1) is 13.9. The minimum absolute atomic E-state index is 0.305. The maximum Gasteiger partial charge on any atom is 0.333 e. The standard InChI is InChI=1S/C12H14ClNO2S/c1-8(12(15)16-2)5-6-17-9-3-4-11(14)10(13)7-9/h3-5,7H,6,14H2,1-2H3. The van der Waals surface area contributed by atoms with Gasteiger partial charge in [-0.25, -0.2) is 4.79 Å². The van der Waals surface area contributed by atoms with E-state index in [4.69, 9.17) is 17.3 Å². The molecule has 5 heteroatoms. The van der Waals surface area contributed by atoms with Gasteiger partial charge in [-0.15, -0.1) is 11.8 Å². The molecule has 3 nitrogen and oxygen atoms in total. The van der Waals surface area contributed by atoms with E-state index in [0.717, 1.165) is 4.90 Å². The van der Waals surface area contributed by atoms with Crippen LogP contribution in [0.2, 0.25) is 5.02 Å². The summed E-state index contributed by atoms with van der Waals surface area (Å²) >= 11 is 7.48. The van der Waals surface area contributed by atoms with Gasteiger partial charge in [0.15, 0.2) is 0 Å². The van der Waals surface area contributed by atoms with Gasteiger partial charge in [0.05, 0.1) is 17.8 Å². The van der Waals surface area contributed by atoms with Crippen molar-refractivity contribution in [3.05, 3.63) is 34.9 Å². The van der Waals surface area contributed by atoms with Crippen molar-refractivity contribution < 1.29 is 9.53 Å². The molecule has 0 heterocycles. The van der Waals surface area contributed by atoms with E-state index in [2.05, 4.69) is 4.74 Å². The van der Waals surface area contributed by atoms with Crippen molar-refractivity contribution >= 4 is 35.0 Å². The molecule has 0 saturated carbocycles. The number of nitrogens with two attached hydrogens (primary N) is 1. The van der Waals surface area contributed by atoms with Crippen LogP contribution in [0.5, 0.6) is 0 Å². The fourth-order valence-corrected chi connectivity index (χ4v) is 2.24. The molecule has 0 amide bonds. The van der Waals surface area contributed by atoms with Crippen LogP contribution in [0.3, 0.4) is 0 Å². The second-order valence-electron chi connectivity index (χ2n) is 3.37. The summed E-state index contributed by atoms with van der Waals surface area (Å²) in [6.45, 7) is 1.72. The van der Waals surface area contributed by atoms with E-state index < -0.39 is 0 Å². The van der Waals surface area contributed by atoms with Gasteiger partial charge in [0, 0.05) is 16.2 Å². The van der Waals surface area contributed by atoms with Crippen LogP contribution in [0.25, 0.3) is 0 Å². The fraction of sp³-hybridized carbons (Fsp3) is 0.250. The van der Waals surface area contributed by atoms with Gasteiger partial charge in [0.25, 0.3) is 0 Å². The number of thioether (sulfide) groups is 1. The predicted molar refractivity (Wildman–Crippen MR) is 72.4 cm³/mol. The Balaban J connectivity index is 2.56. The number of nitrogen functional groups attached to an aromatic ring is 1. The summed E-state index contributed by atoms with van der Waals surface area (Å²) in [4.78, 5) is 12.1. The number of carbonyl (C=O) groups is 1.